The molecule has 2 heterocycles. The lowest BCUT2D eigenvalue weighted by Crippen LogP contribution is -2.67. The van der Waals surface area contributed by atoms with Gasteiger partial charge < -0.3 is 93.2 Å². The first-order valence-electron chi connectivity index (χ1n) is 15.1. The van der Waals surface area contributed by atoms with Crippen molar-refractivity contribution in [3.63, 3.8) is 0 Å². The minimum atomic E-state index is -1.87. The van der Waals surface area contributed by atoms with Crippen LogP contribution in [-0.2, 0) is 23.7 Å². The quantitative estimate of drug-likeness (QED) is 0.0492. The van der Waals surface area contributed by atoms with Gasteiger partial charge in [0.1, 0.15) is 60.5 Å². The predicted molar refractivity (Wildman–Crippen MR) is 153 cm³/mol. The van der Waals surface area contributed by atoms with E-state index in [2.05, 4.69) is 10.3 Å². The summed E-state index contributed by atoms with van der Waals surface area (Å²) in [6.45, 7) is -0.793. The van der Waals surface area contributed by atoms with Crippen LogP contribution in [0, 0.1) is 5.92 Å². The Labute approximate surface area is 263 Å². The van der Waals surface area contributed by atoms with Gasteiger partial charge in [0, 0.05) is 32.0 Å². The normalized spacial score (nSPS) is 47.7. The van der Waals surface area contributed by atoms with Crippen molar-refractivity contribution < 1.29 is 69.7 Å². The molecule has 17 atom stereocenters. The number of aliphatic imine (C=N–C) groups is 1. The van der Waals surface area contributed by atoms with E-state index < -0.39 is 122 Å². The molecule has 20 heteroatoms. The van der Waals surface area contributed by atoms with Gasteiger partial charge in [-0.1, -0.05) is 0 Å². The zero-order valence-corrected chi connectivity index (χ0v) is 25.0. The smallest absolute Gasteiger partial charge is 0.187 e. The molecule has 0 bridgehead atoms. The number of carbonyl (C=O) groups is 1. The standard InChI is InChI=1S/C26H48N6O14/c27-9-3-8(4-13(35)26(42)5-12(26)32-25(29)30)21(45-23-17(38)14(28)15(36)11(7-34)44-23)20(41)22(9)46-24-19(40)18(39)16(37)10(43-24)6-31-1-2-33/h8-12,14-24,31,33-34,36-42H,1-7,27-28H2,(H4,29,30,32)/t8-,9-,10+,11+,12?,14-,15+,16+,17+,18-,19+,20+,21-,22?,23+,24+,26?/m0/s1. The van der Waals surface area contributed by atoms with Crippen LogP contribution in [0.4, 0.5) is 0 Å². The van der Waals surface area contributed by atoms with Crippen LogP contribution in [0.3, 0.4) is 0 Å². The third-order valence-corrected chi connectivity index (χ3v) is 9.09. The van der Waals surface area contributed by atoms with Crippen molar-refractivity contribution in [3.8, 4) is 0 Å². The molecule has 0 amide bonds. The molecular weight excluding hydrogens is 620 g/mol. The first-order chi connectivity index (χ1) is 21.6. The Kier molecular flexibility index (Phi) is 12.3. The molecule has 4 aliphatic rings. The summed E-state index contributed by atoms with van der Waals surface area (Å²) in [5.74, 6) is -1.93. The maximum Gasteiger partial charge on any atom is 0.187 e. The Bertz CT molecular complexity index is 1060. The molecule has 2 saturated carbocycles. The van der Waals surface area contributed by atoms with Crippen LogP contribution in [0.25, 0.3) is 0 Å². The molecular formula is C26H48N6O14. The summed E-state index contributed by atoms with van der Waals surface area (Å²) in [6.07, 6.45) is -18.8. The summed E-state index contributed by atoms with van der Waals surface area (Å²) in [5.41, 5.74) is 21.2. The first-order valence-corrected chi connectivity index (χ1v) is 15.1. The molecule has 4 rings (SSSR count). The topological polar surface area (TPSA) is 365 Å². The number of nitrogens with two attached hydrogens (primary N) is 4. The average Bonchev–Trinajstić information content (AvgIpc) is 3.66. The van der Waals surface area contributed by atoms with E-state index in [0.29, 0.717) is 0 Å². The van der Waals surface area contributed by atoms with E-state index in [1.54, 1.807) is 0 Å². The molecule has 0 aromatic heterocycles. The highest BCUT2D eigenvalue weighted by molar-refractivity contribution is 5.92. The van der Waals surface area contributed by atoms with Gasteiger partial charge in [0.2, 0.25) is 0 Å². The highest BCUT2D eigenvalue weighted by Gasteiger charge is 2.60. The number of hydrogen-bond acceptors (Lipinski definition) is 18. The van der Waals surface area contributed by atoms with E-state index in [1.807, 2.05) is 0 Å². The van der Waals surface area contributed by atoms with Gasteiger partial charge in [-0.25, -0.2) is 4.99 Å². The Hall–Kier alpha value is -1.70. The minimum absolute atomic E-state index is 0.0423. The molecule has 2 saturated heterocycles. The van der Waals surface area contributed by atoms with Crippen molar-refractivity contribution in [2.45, 2.75) is 117 Å². The second-order valence-electron chi connectivity index (χ2n) is 12.4. The molecule has 0 radical (unpaired) electrons. The Morgan fingerprint density at radius 1 is 0.870 bits per heavy atom. The number of aliphatic hydroxyl groups excluding tert-OH is 8. The Morgan fingerprint density at radius 3 is 2.13 bits per heavy atom. The van der Waals surface area contributed by atoms with Gasteiger partial charge in [0.25, 0.3) is 0 Å². The van der Waals surface area contributed by atoms with Gasteiger partial charge in [0.15, 0.2) is 24.3 Å². The molecule has 2 aliphatic heterocycles. The Morgan fingerprint density at radius 2 is 1.50 bits per heavy atom. The summed E-state index contributed by atoms with van der Waals surface area (Å²) < 4.78 is 23.1. The summed E-state index contributed by atoms with van der Waals surface area (Å²) in [7, 11) is 0. The van der Waals surface area contributed by atoms with Crippen molar-refractivity contribution in [1.29, 1.82) is 0 Å². The fourth-order valence-electron chi connectivity index (χ4n) is 6.25. The Balaban J connectivity index is 1.56. The lowest BCUT2D eigenvalue weighted by molar-refractivity contribution is -0.335. The lowest BCUT2D eigenvalue weighted by Gasteiger charge is -2.49. The van der Waals surface area contributed by atoms with E-state index in [0.717, 1.165) is 0 Å². The number of nitrogens with one attached hydrogen (secondary N) is 1. The van der Waals surface area contributed by atoms with Crippen LogP contribution in [0.1, 0.15) is 19.3 Å². The van der Waals surface area contributed by atoms with Crippen LogP contribution >= 0.6 is 0 Å². The first kappa shape index (κ1) is 37.1. The zero-order chi connectivity index (χ0) is 34.1. The summed E-state index contributed by atoms with van der Waals surface area (Å²) in [5, 5.41) is 96.3. The molecule has 3 unspecified atom stereocenters. The number of nitrogens with zero attached hydrogens (tertiary/aromatic N) is 1. The summed E-state index contributed by atoms with van der Waals surface area (Å²) in [6, 6.07) is -3.25. The fraction of sp³-hybridized carbons (Fsp3) is 0.923. The number of ether oxygens (including phenoxy) is 4. The van der Waals surface area contributed by atoms with E-state index in [1.165, 1.54) is 0 Å². The predicted octanol–water partition coefficient (Wildman–Crippen LogP) is -8.64. The van der Waals surface area contributed by atoms with Crippen LogP contribution in [0.5, 0.6) is 0 Å². The molecule has 266 valence electrons. The van der Waals surface area contributed by atoms with Gasteiger partial charge in [-0.05, 0) is 12.3 Å². The molecule has 20 nitrogen and oxygen atoms in total. The molecule has 0 spiro atoms. The summed E-state index contributed by atoms with van der Waals surface area (Å²) in [4.78, 5) is 17.1. The molecule has 46 heavy (non-hydrogen) atoms. The third kappa shape index (κ3) is 7.78. The molecule has 0 aromatic rings. The number of Topliss-reactive ketones (excluding diaryl/α,β-unsaturated/α-hetero) is 1. The van der Waals surface area contributed by atoms with E-state index in [4.69, 9.17) is 47.0 Å². The van der Waals surface area contributed by atoms with Crippen molar-refractivity contribution in [2.75, 3.05) is 26.3 Å². The number of guanidine groups is 1. The van der Waals surface area contributed by atoms with Gasteiger partial charge in [0.05, 0.1) is 31.4 Å². The maximum atomic E-state index is 13.2. The molecule has 0 aromatic carbocycles. The molecule has 18 N–H and O–H groups in total. The zero-order valence-electron chi connectivity index (χ0n) is 25.0. The van der Waals surface area contributed by atoms with Crippen LogP contribution in [0.2, 0.25) is 0 Å². The number of aliphatic hydroxyl groups is 9. The highest BCUT2D eigenvalue weighted by atomic mass is 16.7. The van der Waals surface area contributed by atoms with Crippen molar-refractivity contribution in [3.05, 3.63) is 0 Å². The maximum absolute atomic E-state index is 13.2. The van der Waals surface area contributed by atoms with Crippen molar-refractivity contribution >= 4 is 11.7 Å². The van der Waals surface area contributed by atoms with Gasteiger partial charge in [-0.2, -0.15) is 0 Å². The fourth-order valence-corrected chi connectivity index (χ4v) is 6.25. The number of ketones is 1. The SMILES string of the molecule is NC(N)=NC1CC1(O)C(=O)C[C@@H]1C[C@H](N)C(O[C@H]2O[C@H](CNCCO)[C@@H](O)[C@H](O)[C@H]2O)[C@H](O)[C@H]1O[C@H]1O[C@H](CO)[C@@H](O)[C@H](N)[C@H]1O. The van der Waals surface area contributed by atoms with E-state index in [-0.39, 0.29) is 38.5 Å². The van der Waals surface area contributed by atoms with Crippen LogP contribution in [0.15, 0.2) is 4.99 Å². The largest absolute Gasteiger partial charge is 0.395 e. The van der Waals surface area contributed by atoms with Crippen molar-refractivity contribution in [2.24, 2.45) is 33.8 Å². The van der Waals surface area contributed by atoms with Gasteiger partial charge in [-0.15, -0.1) is 0 Å². The van der Waals surface area contributed by atoms with E-state index in [9.17, 15) is 45.6 Å². The number of rotatable bonds is 13. The van der Waals surface area contributed by atoms with Crippen LogP contribution < -0.4 is 28.3 Å². The second-order valence-corrected chi connectivity index (χ2v) is 12.4. The highest BCUT2D eigenvalue weighted by Crippen LogP contribution is 2.43. The number of carbonyl (C=O) groups excluding carboxylic acids is 1. The van der Waals surface area contributed by atoms with E-state index >= 15 is 0 Å². The second kappa shape index (κ2) is 15.2. The molecule has 2 aliphatic carbocycles. The monoisotopic (exact) mass is 668 g/mol. The number of hydrogen-bond donors (Lipinski definition) is 14. The van der Waals surface area contributed by atoms with Crippen LogP contribution in [-0.4, -0.2) is 181 Å². The van der Waals surface area contributed by atoms with Crippen molar-refractivity contribution in [1.82, 2.24) is 5.32 Å². The third-order valence-electron chi connectivity index (χ3n) is 9.09. The summed E-state index contributed by atoms with van der Waals surface area (Å²) >= 11 is 0. The minimum Gasteiger partial charge on any atom is -0.395 e. The molecule has 4 fully saturated rings. The van der Waals surface area contributed by atoms with Gasteiger partial charge >= 0.3 is 0 Å². The van der Waals surface area contributed by atoms with Gasteiger partial charge in [-0.3, -0.25) is 4.79 Å². The average molecular weight is 669 g/mol. The lowest BCUT2D eigenvalue weighted by atomic mass is 9.76.